The van der Waals surface area contributed by atoms with Gasteiger partial charge in [0.1, 0.15) is 0 Å². The van der Waals surface area contributed by atoms with Crippen LogP contribution in [0.15, 0.2) is 12.1 Å². The lowest BCUT2D eigenvalue weighted by molar-refractivity contribution is 0.589. The fraction of sp³-hybridized carbons (Fsp3) is 0.571. The standard InChI is InChI=1S/C14H23N/c1-10-8-12(14(3,4)5)9-13(11(10)2)15(6)7/h8-9H,1-7H3. The van der Waals surface area contributed by atoms with E-state index in [0.717, 1.165) is 0 Å². The van der Waals surface area contributed by atoms with E-state index in [1.807, 2.05) is 0 Å². The zero-order valence-corrected chi connectivity index (χ0v) is 11.1. The van der Waals surface area contributed by atoms with E-state index in [1.165, 1.54) is 22.4 Å². The van der Waals surface area contributed by atoms with E-state index < -0.39 is 0 Å². The van der Waals surface area contributed by atoms with Gasteiger partial charge in [0, 0.05) is 19.8 Å². The average Bonchev–Trinajstić information content (AvgIpc) is 2.06. The van der Waals surface area contributed by atoms with E-state index >= 15 is 0 Å². The number of nitrogens with zero attached hydrogens (tertiary/aromatic N) is 1. The number of hydrogen-bond donors (Lipinski definition) is 0. The van der Waals surface area contributed by atoms with Crippen molar-refractivity contribution < 1.29 is 0 Å². The van der Waals surface area contributed by atoms with E-state index in [0.29, 0.717) is 0 Å². The SMILES string of the molecule is Cc1cc(C(C)(C)C)cc(N(C)C)c1C. The van der Waals surface area contributed by atoms with Gasteiger partial charge in [0.2, 0.25) is 0 Å². The molecule has 0 aliphatic heterocycles. The number of rotatable bonds is 1. The van der Waals surface area contributed by atoms with Crippen LogP contribution in [0.25, 0.3) is 0 Å². The van der Waals surface area contributed by atoms with Gasteiger partial charge in [0.05, 0.1) is 0 Å². The normalized spacial score (nSPS) is 11.7. The summed E-state index contributed by atoms with van der Waals surface area (Å²) in [5.41, 5.74) is 5.73. The van der Waals surface area contributed by atoms with E-state index in [-0.39, 0.29) is 5.41 Å². The van der Waals surface area contributed by atoms with Crippen LogP contribution in [0.4, 0.5) is 5.69 Å². The topological polar surface area (TPSA) is 3.24 Å². The molecule has 0 spiro atoms. The number of anilines is 1. The van der Waals surface area contributed by atoms with Gasteiger partial charge in [0.25, 0.3) is 0 Å². The predicted molar refractivity (Wildman–Crippen MR) is 68.9 cm³/mol. The van der Waals surface area contributed by atoms with Crippen molar-refractivity contribution in [1.29, 1.82) is 0 Å². The molecule has 0 saturated carbocycles. The van der Waals surface area contributed by atoms with Crippen molar-refractivity contribution >= 4 is 5.69 Å². The lowest BCUT2D eigenvalue weighted by Gasteiger charge is -2.25. The van der Waals surface area contributed by atoms with Gasteiger partial charge in [-0.15, -0.1) is 0 Å². The highest BCUT2D eigenvalue weighted by Crippen LogP contribution is 2.30. The molecule has 0 bridgehead atoms. The highest BCUT2D eigenvalue weighted by atomic mass is 15.1. The first-order valence-electron chi connectivity index (χ1n) is 5.52. The van der Waals surface area contributed by atoms with Crippen LogP contribution >= 0.6 is 0 Å². The van der Waals surface area contributed by atoms with Crippen molar-refractivity contribution in [2.75, 3.05) is 19.0 Å². The second-order valence-electron chi connectivity index (χ2n) is 5.58. The molecule has 0 saturated heterocycles. The Bertz CT molecular complexity index is 356. The number of benzene rings is 1. The quantitative estimate of drug-likeness (QED) is 0.676. The average molecular weight is 205 g/mol. The Hall–Kier alpha value is -0.980. The largest absolute Gasteiger partial charge is 0.377 e. The summed E-state index contributed by atoms with van der Waals surface area (Å²) in [4.78, 5) is 2.19. The van der Waals surface area contributed by atoms with Crippen LogP contribution in [-0.2, 0) is 5.41 Å². The smallest absolute Gasteiger partial charge is 0.0396 e. The van der Waals surface area contributed by atoms with Crippen LogP contribution in [0.1, 0.15) is 37.5 Å². The Kier molecular flexibility index (Phi) is 3.13. The molecular formula is C14H23N. The Balaban J connectivity index is 3.36. The van der Waals surface area contributed by atoms with E-state index in [2.05, 4.69) is 65.7 Å². The molecule has 0 aliphatic rings. The Morgan fingerprint density at radius 2 is 1.53 bits per heavy atom. The molecule has 1 heteroatoms. The molecule has 0 radical (unpaired) electrons. The summed E-state index contributed by atoms with van der Waals surface area (Å²) in [6.45, 7) is 11.2. The van der Waals surface area contributed by atoms with E-state index in [1.54, 1.807) is 0 Å². The minimum absolute atomic E-state index is 0.225. The second kappa shape index (κ2) is 3.88. The summed E-state index contributed by atoms with van der Waals surface area (Å²) < 4.78 is 0. The minimum atomic E-state index is 0.225. The maximum atomic E-state index is 2.31. The highest BCUT2D eigenvalue weighted by Gasteiger charge is 2.16. The molecule has 0 fully saturated rings. The second-order valence-corrected chi connectivity index (χ2v) is 5.58. The Labute approximate surface area is 94.1 Å². The first kappa shape index (κ1) is 12.1. The van der Waals surface area contributed by atoms with Crippen molar-refractivity contribution in [3.63, 3.8) is 0 Å². The summed E-state index contributed by atoms with van der Waals surface area (Å²) in [5.74, 6) is 0. The summed E-state index contributed by atoms with van der Waals surface area (Å²) in [6, 6.07) is 4.62. The molecule has 0 amide bonds. The van der Waals surface area contributed by atoms with Crippen molar-refractivity contribution in [3.05, 3.63) is 28.8 Å². The zero-order valence-electron chi connectivity index (χ0n) is 11.1. The molecule has 0 aliphatic carbocycles. The lowest BCUT2D eigenvalue weighted by Crippen LogP contribution is -2.16. The summed E-state index contributed by atoms with van der Waals surface area (Å²) >= 11 is 0. The van der Waals surface area contributed by atoms with Gasteiger partial charge in [-0.05, 0) is 42.0 Å². The molecule has 1 nitrogen and oxygen atoms in total. The third kappa shape index (κ3) is 2.53. The molecule has 1 rings (SSSR count). The first-order valence-corrected chi connectivity index (χ1v) is 5.52. The molecule has 0 heterocycles. The molecule has 0 atom stereocenters. The van der Waals surface area contributed by atoms with Crippen LogP contribution in [0, 0.1) is 13.8 Å². The van der Waals surface area contributed by atoms with Gasteiger partial charge < -0.3 is 4.90 Å². The van der Waals surface area contributed by atoms with Gasteiger partial charge >= 0.3 is 0 Å². The van der Waals surface area contributed by atoms with Gasteiger partial charge in [-0.2, -0.15) is 0 Å². The predicted octanol–water partition coefficient (Wildman–Crippen LogP) is 3.67. The third-order valence-electron chi connectivity index (χ3n) is 2.99. The third-order valence-corrected chi connectivity index (χ3v) is 2.99. The molecule has 1 aromatic rings. The monoisotopic (exact) mass is 205 g/mol. The van der Waals surface area contributed by atoms with Crippen LogP contribution in [-0.4, -0.2) is 14.1 Å². The van der Waals surface area contributed by atoms with E-state index in [9.17, 15) is 0 Å². The van der Waals surface area contributed by atoms with Crippen molar-refractivity contribution in [3.8, 4) is 0 Å². The van der Waals surface area contributed by atoms with Gasteiger partial charge in [-0.1, -0.05) is 26.8 Å². The van der Waals surface area contributed by atoms with Gasteiger partial charge in [-0.25, -0.2) is 0 Å². The van der Waals surface area contributed by atoms with Crippen molar-refractivity contribution in [2.45, 2.75) is 40.0 Å². The molecule has 84 valence electrons. The summed E-state index contributed by atoms with van der Waals surface area (Å²) in [5, 5.41) is 0. The lowest BCUT2D eigenvalue weighted by atomic mass is 9.85. The van der Waals surface area contributed by atoms with Crippen molar-refractivity contribution in [1.82, 2.24) is 0 Å². The molecular weight excluding hydrogens is 182 g/mol. The van der Waals surface area contributed by atoms with Crippen LogP contribution in [0.2, 0.25) is 0 Å². The molecule has 1 aromatic carbocycles. The molecule has 15 heavy (non-hydrogen) atoms. The maximum absolute atomic E-state index is 2.31. The van der Waals surface area contributed by atoms with Gasteiger partial charge in [-0.3, -0.25) is 0 Å². The molecule has 0 unspecified atom stereocenters. The van der Waals surface area contributed by atoms with Crippen molar-refractivity contribution in [2.24, 2.45) is 0 Å². The minimum Gasteiger partial charge on any atom is -0.377 e. The fourth-order valence-electron chi connectivity index (χ4n) is 1.74. The van der Waals surface area contributed by atoms with Gasteiger partial charge in [0.15, 0.2) is 0 Å². The summed E-state index contributed by atoms with van der Waals surface area (Å²) in [6.07, 6.45) is 0. The maximum Gasteiger partial charge on any atom is 0.0396 e. The fourth-order valence-corrected chi connectivity index (χ4v) is 1.74. The first-order chi connectivity index (χ1) is 6.73. The Morgan fingerprint density at radius 3 is 1.93 bits per heavy atom. The Morgan fingerprint density at radius 1 is 1.00 bits per heavy atom. The van der Waals surface area contributed by atoms with Crippen LogP contribution in [0.3, 0.4) is 0 Å². The summed E-state index contributed by atoms with van der Waals surface area (Å²) in [7, 11) is 4.21. The number of hydrogen-bond acceptors (Lipinski definition) is 1. The zero-order chi connectivity index (χ0) is 11.8. The molecule has 0 N–H and O–H groups in total. The number of aryl methyl sites for hydroxylation is 1. The molecule has 0 aromatic heterocycles. The van der Waals surface area contributed by atoms with E-state index in [4.69, 9.17) is 0 Å². The van der Waals surface area contributed by atoms with Crippen LogP contribution < -0.4 is 4.90 Å². The highest BCUT2D eigenvalue weighted by molar-refractivity contribution is 5.58. The van der Waals surface area contributed by atoms with Crippen LogP contribution in [0.5, 0.6) is 0 Å².